The van der Waals surface area contributed by atoms with Gasteiger partial charge in [0.05, 0.1) is 35.8 Å². The number of carboxylic acids is 1. The summed E-state index contributed by atoms with van der Waals surface area (Å²) in [5, 5.41) is 9.84. The first-order valence-corrected chi connectivity index (χ1v) is 13.9. The fourth-order valence-corrected chi connectivity index (χ4v) is 5.40. The van der Waals surface area contributed by atoms with Crippen molar-refractivity contribution in [2.75, 3.05) is 31.1 Å². The van der Waals surface area contributed by atoms with E-state index in [0.29, 0.717) is 23.7 Å². The molecule has 2 aliphatic heterocycles. The molecule has 2 aromatic carbocycles. The second-order valence-electron chi connectivity index (χ2n) is 10.4. The lowest BCUT2D eigenvalue weighted by molar-refractivity contribution is -0.0592. The van der Waals surface area contributed by atoms with Crippen LogP contribution in [-0.2, 0) is 24.4 Å². The molecule has 0 bridgehead atoms. The van der Waals surface area contributed by atoms with Crippen LogP contribution in [0.25, 0.3) is 11.0 Å². The minimum Gasteiger partial charge on any atom is -0.478 e. The summed E-state index contributed by atoms with van der Waals surface area (Å²) in [6.45, 7) is 6.44. The van der Waals surface area contributed by atoms with Gasteiger partial charge < -0.3 is 24.0 Å². The summed E-state index contributed by atoms with van der Waals surface area (Å²) < 4.78 is 27.6. The molecule has 214 valence electrons. The summed E-state index contributed by atoms with van der Waals surface area (Å²) in [4.78, 5) is 29.8. The van der Waals surface area contributed by atoms with Gasteiger partial charge in [-0.1, -0.05) is 17.7 Å². The number of hydrogen-bond acceptors (Lipinski definition) is 8. The molecule has 2 aromatic heterocycles. The molecule has 0 spiro atoms. The Morgan fingerprint density at radius 2 is 2.05 bits per heavy atom. The Bertz CT molecular complexity index is 1580. The molecule has 2 fully saturated rings. The van der Waals surface area contributed by atoms with Crippen molar-refractivity contribution in [2.24, 2.45) is 0 Å². The third-order valence-corrected chi connectivity index (χ3v) is 7.91. The Labute approximate surface area is 241 Å². The fourth-order valence-electron chi connectivity index (χ4n) is 5.24. The van der Waals surface area contributed by atoms with Crippen molar-refractivity contribution < 1.29 is 23.8 Å². The monoisotopic (exact) mass is 580 g/mol. The Hall–Kier alpha value is -3.80. The molecule has 0 radical (unpaired) electrons. The molecule has 6 rings (SSSR count). The second-order valence-corrected chi connectivity index (χ2v) is 10.9. The molecule has 2 aliphatic rings. The minimum atomic E-state index is -0.957. The molecule has 2 atom stereocenters. The van der Waals surface area contributed by atoms with Crippen molar-refractivity contribution >= 4 is 34.4 Å². The number of halogens is 2. The van der Waals surface area contributed by atoms with Crippen LogP contribution in [-0.4, -0.2) is 73.9 Å². The molecular formula is C29H30ClFN6O4. The summed E-state index contributed by atoms with van der Waals surface area (Å²) in [6.07, 6.45) is 2.73. The third kappa shape index (κ3) is 5.97. The maximum absolute atomic E-state index is 14.1. The first-order chi connectivity index (χ1) is 19.8. The molecule has 0 saturated carbocycles. The molecule has 41 heavy (non-hydrogen) atoms. The number of aromatic nitrogens is 4. The predicted molar refractivity (Wildman–Crippen MR) is 151 cm³/mol. The highest BCUT2D eigenvalue weighted by Gasteiger charge is 2.28. The van der Waals surface area contributed by atoms with Crippen LogP contribution in [0.3, 0.4) is 0 Å². The Morgan fingerprint density at radius 1 is 1.20 bits per heavy atom. The van der Waals surface area contributed by atoms with E-state index in [1.807, 2.05) is 6.07 Å². The van der Waals surface area contributed by atoms with Crippen molar-refractivity contribution in [2.45, 2.75) is 45.2 Å². The lowest BCUT2D eigenvalue weighted by atomic mass is 10.1. The highest BCUT2D eigenvalue weighted by Crippen LogP contribution is 2.26. The Kier molecular flexibility index (Phi) is 7.74. The number of fused-ring (bicyclic) bond motifs is 1. The molecule has 4 aromatic rings. The zero-order valence-electron chi connectivity index (χ0n) is 22.5. The van der Waals surface area contributed by atoms with Crippen LogP contribution in [0.5, 0.6) is 6.01 Å². The third-order valence-electron chi connectivity index (χ3n) is 7.68. The van der Waals surface area contributed by atoms with Crippen molar-refractivity contribution in [1.82, 2.24) is 24.4 Å². The summed E-state index contributed by atoms with van der Waals surface area (Å²) in [5.41, 5.74) is 2.21. The van der Waals surface area contributed by atoms with Crippen LogP contribution in [0, 0.1) is 5.82 Å². The highest BCUT2D eigenvalue weighted by atomic mass is 35.5. The van der Waals surface area contributed by atoms with E-state index in [0.717, 1.165) is 55.3 Å². The number of rotatable bonds is 9. The summed E-state index contributed by atoms with van der Waals surface area (Å²) in [6, 6.07) is 11.7. The predicted octanol–water partition coefficient (Wildman–Crippen LogP) is 4.40. The van der Waals surface area contributed by atoms with E-state index in [4.69, 9.17) is 26.1 Å². The van der Waals surface area contributed by atoms with Crippen LogP contribution in [0.1, 0.15) is 35.1 Å². The smallest absolute Gasteiger partial charge is 0.335 e. The van der Waals surface area contributed by atoms with E-state index in [1.165, 1.54) is 6.07 Å². The molecule has 1 N–H and O–H groups in total. The van der Waals surface area contributed by atoms with Crippen molar-refractivity contribution in [1.29, 1.82) is 0 Å². The lowest BCUT2D eigenvalue weighted by Crippen LogP contribution is -2.52. The molecule has 0 aliphatic carbocycles. The second kappa shape index (κ2) is 11.6. The maximum Gasteiger partial charge on any atom is 0.335 e. The molecule has 10 nitrogen and oxygen atoms in total. The van der Waals surface area contributed by atoms with E-state index in [2.05, 4.69) is 31.3 Å². The average Bonchev–Trinajstić information content (AvgIpc) is 3.27. The van der Waals surface area contributed by atoms with Crippen LogP contribution in [0.4, 0.5) is 10.2 Å². The van der Waals surface area contributed by atoms with Crippen molar-refractivity contribution in [3.8, 4) is 6.01 Å². The van der Waals surface area contributed by atoms with Crippen molar-refractivity contribution in [3.05, 3.63) is 76.5 Å². The zero-order chi connectivity index (χ0) is 28.5. The number of piperazine rings is 1. The molecule has 0 unspecified atom stereocenters. The van der Waals surface area contributed by atoms with E-state index in [-0.39, 0.29) is 30.3 Å². The van der Waals surface area contributed by atoms with Gasteiger partial charge in [-0.05, 0) is 49.7 Å². The number of imidazole rings is 1. The molecule has 4 heterocycles. The Balaban J connectivity index is 1.14. The van der Waals surface area contributed by atoms with Gasteiger partial charge >= 0.3 is 12.0 Å². The summed E-state index contributed by atoms with van der Waals surface area (Å²) >= 11 is 5.83. The van der Waals surface area contributed by atoms with Gasteiger partial charge in [0.2, 0.25) is 0 Å². The quantitative estimate of drug-likeness (QED) is 0.308. The standard InChI is InChI=1S/C29H30ClFN6O4/c1-18-14-36(26-6-8-32-29(34-26)41-17-20-2-4-21(30)13-23(20)31)10-9-35(18)16-27-33-24-5-3-19(28(38)39)12-25(24)37(27)15-22-7-11-40-22/h2-6,8,12-13,18,22H,7,9-11,14-17H2,1H3,(H,38,39)/t18-,22-/m0/s1. The van der Waals surface area contributed by atoms with Gasteiger partial charge in [0.25, 0.3) is 0 Å². The number of carboxylic acid groups (broad SMARTS) is 1. The topological polar surface area (TPSA) is 106 Å². The number of nitrogens with zero attached hydrogens (tertiary/aromatic N) is 6. The van der Waals surface area contributed by atoms with Gasteiger partial charge in [0, 0.05) is 49.1 Å². The highest BCUT2D eigenvalue weighted by molar-refractivity contribution is 6.30. The van der Waals surface area contributed by atoms with Crippen LogP contribution >= 0.6 is 11.6 Å². The number of benzene rings is 2. The van der Waals surface area contributed by atoms with E-state index < -0.39 is 11.8 Å². The van der Waals surface area contributed by atoms with Gasteiger partial charge in [-0.3, -0.25) is 4.90 Å². The minimum absolute atomic E-state index is 0.00249. The van der Waals surface area contributed by atoms with E-state index in [9.17, 15) is 14.3 Å². The molecule has 0 amide bonds. The zero-order valence-corrected chi connectivity index (χ0v) is 23.3. The first-order valence-electron chi connectivity index (χ1n) is 13.6. The maximum atomic E-state index is 14.1. The van der Waals surface area contributed by atoms with E-state index >= 15 is 0 Å². The van der Waals surface area contributed by atoms with Crippen LogP contribution < -0.4 is 9.64 Å². The number of aromatic carboxylic acids is 1. The van der Waals surface area contributed by atoms with Crippen molar-refractivity contribution in [3.63, 3.8) is 0 Å². The normalized spacial score (nSPS) is 19.3. The lowest BCUT2D eigenvalue weighted by Gasteiger charge is -2.40. The molecule has 2 saturated heterocycles. The fraction of sp³-hybridized carbons (Fsp3) is 0.379. The molecular weight excluding hydrogens is 551 g/mol. The van der Waals surface area contributed by atoms with Gasteiger partial charge in [0.15, 0.2) is 0 Å². The average molecular weight is 581 g/mol. The first kappa shape index (κ1) is 27.4. The van der Waals surface area contributed by atoms with Gasteiger partial charge in [-0.25, -0.2) is 19.2 Å². The largest absolute Gasteiger partial charge is 0.478 e. The number of carbonyl (C=O) groups is 1. The van der Waals surface area contributed by atoms with Gasteiger partial charge in [-0.2, -0.15) is 4.98 Å². The van der Waals surface area contributed by atoms with Gasteiger partial charge in [0.1, 0.15) is 24.1 Å². The summed E-state index contributed by atoms with van der Waals surface area (Å²) in [7, 11) is 0. The SMILES string of the molecule is C[C@H]1CN(c2ccnc(OCc3ccc(Cl)cc3F)n2)CCN1Cc1nc2ccc(C(=O)O)cc2n1C[C@@H]1CCO1. The number of ether oxygens (including phenoxy) is 2. The van der Waals surface area contributed by atoms with E-state index in [1.54, 1.807) is 36.5 Å². The summed E-state index contributed by atoms with van der Waals surface area (Å²) in [5.74, 6) is 0.245. The molecule has 12 heteroatoms. The van der Waals surface area contributed by atoms with Crippen LogP contribution in [0.15, 0.2) is 48.7 Å². The number of hydrogen-bond donors (Lipinski definition) is 1. The van der Waals surface area contributed by atoms with Crippen LogP contribution in [0.2, 0.25) is 5.02 Å². The Morgan fingerprint density at radius 3 is 2.78 bits per heavy atom. The number of anilines is 1. The van der Waals surface area contributed by atoms with Gasteiger partial charge in [-0.15, -0.1) is 0 Å².